The van der Waals surface area contributed by atoms with Crippen molar-refractivity contribution in [3.8, 4) is 0 Å². The molecule has 5 nitrogen and oxygen atoms in total. The highest BCUT2D eigenvalue weighted by molar-refractivity contribution is 6.31. The van der Waals surface area contributed by atoms with Crippen molar-refractivity contribution in [2.45, 2.75) is 44.8 Å². The number of amides is 1. The highest BCUT2D eigenvalue weighted by atomic mass is 35.5. The average Bonchev–Trinajstić information content (AvgIpc) is 2.89. The van der Waals surface area contributed by atoms with E-state index in [0.29, 0.717) is 24.3 Å². The molecular formula is C28H36ClN3O2. The van der Waals surface area contributed by atoms with Crippen LogP contribution in [0.25, 0.3) is 0 Å². The number of ether oxygens (including phenoxy) is 1. The molecule has 3 aliphatic heterocycles. The number of fused-ring (bicyclic) bond motifs is 1. The highest BCUT2D eigenvalue weighted by Crippen LogP contribution is 2.30. The Morgan fingerprint density at radius 3 is 2.56 bits per heavy atom. The molecule has 0 aliphatic carbocycles. The van der Waals surface area contributed by atoms with E-state index in [1.165, 1.54) is 16.7 Å². The normalized spacial score (nSPS) is 24.1. The molecule has 2 aromatic carbocycles. The number of nitrogens with zero attached hydrogens (tertiary/aromatic N) is 3. The van der Waals surface area contributed by atoms with E-state index in [9.17, 15) is 4.79 Å². The highest BCUT2D eigenvalue weighted by Gasteiger charge is 2.34. The number of halogens is 1. The molecule has 182 valence electrons. The van der Waals surface area contributed by atoms with Crippen LogP contribution in [0.15, 0.2) is 48.5 Å². The second kappa shape index (κ2) is 11.2. The molecule has 34 heavy (non-hydrogen) atoms. The lowest BCUT2D eigenvalue weighted by Crippen LogP contribution is -2.54. The van der Waals surface area contributed by atoms with E-state index in [1.807, 2.05) is 12.1 Å². The second-order valence-electron chi connectivity index (χ2n) is 9.96. The van der Waals surface area contributed by atoms with Gasteiger partial charge in [0.05, 0.1) is 13.2 Å². The number of hydrogen-bond acceptors (Lipinski definition) is 4. The van der Waals surface area contributed by atoms with Gasteiger partial charge in [0, 0.05) is 56.8 Å². The van der Waals surface area contributed by atoms with E-state index >= 15 is 0 Å². The Morgan fingerprint density at radius 2 is 1.74 bits per heavy atom. The summed E-state index contributed by atoms with van der Waals surface area (Å²) in [5, 5.41) is 0.843. The Morgan fingerprint density at radius 1 is 0.971 bits per heavy atom. The number of likely N-dealkylation sites (tertiary alicyclic amines) is 1. The zero-order valence-corrected chi connectivity index (χ0v) is 20.8. The van der Waals surface area contributed by atoms with Crippen molar-refractivity contribution < 1.29 is 9.53 Å². The smallest absolute Gasteiger partial charge is 0.222 e. The van der Waals surface area contributed by atoms with Gasteiger partial charge in [0.25, 0.3) is 0 Å². The van der Waals surface area contributed by atoms with E-state index in [1.54, 1.807) is 0 Å². The lowest BCUT2D eigenvalue weighted by Gasteiger charge is -2.45. The number of benzene rings is 2. The SMILES string of the molecule is O=C(CC[C@H]1CN(Cc2ccccc2Cl)CC[C@H]1N1CCOCC1)N1CCc2ccccc2C1. The first kappa shape index (κ1) is 23.8. The molecule has 0 spiro atoms. The molecule has 0 radical (unpaired) electrons. The van der Waals surface area contributed by atoms with Crippen LogP contribution in [-0.2, 0) is 29.0 Å². The van der Waals surface area contributed by atoms with Gasteiger partial charge in [-0.25, -0.2) is 0 Å². The maximum atomic E-state index is 13.2. The number of carbonyl (C=O) groups excluding carboxylic acids is 1. The van der Waals surface area contributed by atoms with Gasteiger partial charge >= 0.3 is 0 Å². The maximum Gasteiger partial charge on any atom is 0.222 e. The summed E-state index contributed by atoms with van der Waals surface area (Å²) in [5.41, 5.74) is 3.88. The molecule has 0 unspecified atom stereocenters. The molecule has 2 aromatic rings. The van der Waals surface area contributed by atoms with Gasteiger partial charge in [-0.2, -0.15) is 0 Å². The lowest BCUT2D eigenvalue weighted by atomic mass is 9.86. The first-order valence-corrected chi connectivity index (χ1v) is 13.2. The van der Waals surface area contributed by atoms with Crippen LogP contribution in [0.5, 0.6) is 0 Å². The molecule has 6 heteroatoms. The average molecular weight is 482 g/mol. The van der Waals surface area contributed by atoms with E-state index in [0.717, 1.165) is 83.3 Å². The molecule has 3 aliphatic rings. The van der Waals surface area contributed by atoms with Gasteiger partial charge in [-0.05, 0) is 54.5 Å². The van der Waals surface area contributed by atoms with E-state index < -0.39 is 0 Å². The van der Waals surface area contributed by atoms with Gasteiger partial charge in [0.15, 0.2) is 0 Å². The van der Waals surface area contributed by atoms with Crippen LogP contribution in [0.4, 0.5) is 0 Å². The van der Waals surface area contributed by atoms with Crippen molar-refractivity contribution >= 4 is 17.5 Å². The fourth-order valence-corrected chi connectivity index (χ4v) is 6.15. The molecule has 2 atom stereocenters. The predicted octanol–water partition coefficient (Wildman–Crippen LogP) is 4.23. The summed E-state index contributed by atoms with van der Waals surface area (Å²) >= 11 is 6.46. The van der Waals surface area contributed by atoms with Crippen molar-refractivity contribution in [1.82, 2.24) is 14.7 Å². The molecule has 1 amide bonds. The molecule has 5 rings (SSSR count). The summed E-state index contributed by atoms with van der Waals surface area (Å²) in [4.78, 5) is 20.4. The summed E-state index contributed by atoms with van der Waals surface area (Å²) in [6.45, 7) is 8.20. The van der Waals surface area contributed by atoms with Gasteiger partial charge in [0.2, 0.25) is 5.91 Å². The molecule has 2 saturated heterocycles. The van der Waals surface area contributed by atoms with Gasteiger partial charge in [-0.1, -0.05) is 54.1 Å². The quantitative estimate of drug-likeness (QED) is 0.618. The molecule has 0 saturated carbocycles. The Hall–Kier alpha value is -1.92. The summed E-state index contributed by atoms with van der Waals surface area (Å²) in [6, 6.07) is 17.2. The van der Waals surface area contributed by atoms with Gasteiger partial charge < -0.3 is 9.64 Å². The zero-order chi connectivity index (χ0) is 23.3. The summed E-state index contributed by atoms with van der Waals surface area (Å²) < 4.78 is 5.62. The van der Waals surface area contributed by atoms with Crippen molar-refractivity contribution in [2.75, 3.05) is 45.9 Å². The zero-order valence-electron chi connectivity index (χ0n) is 20.0. The number of hydrogen-bond donors (Lipinski definition) is 0. The summed E-state index contributed by atoms with van der Waals surface area (Å²) in [5.74, 6) is 0.786. The fraction of sp³-hybridized carbons (Fsp3) is 0.536. The molecular weight excluding hydrogens is 446 g/mol. The Kier molecular flexibility index (Phi) is 7.85. The van der Waals surface area contributed by atoms with Crippen molar-refractivity contribution in [3.63, 3.8) is 0 Å². The topological polar surface area (TPSA) is 36.0 Å². The van der Waals surface area contributed by atoms with Gasteiger partial charge in [0.1, 0.15) is 0 Å². The van der Waals surface area contributed by atoms with Gasteiger partial charge in [-0.15, -0.1) is 0 Å². The third-order valence-corrected chi connectivity index (χ3v) is 8.23. The molecule has 0 N–H and O–H groups in total. The monoisotopic (exact) mass is 481 g/mol. The first-order valence-electron chi connectivity index (χ1n) is 12.8. The first-order chi connectivity index (χ1) is 16.7. The standard InChI is InChI=1S/C28H36ClN3O2/c29-26-8-4-3-7-24(26)19-30-13-12-27(31-15-17-34-18-16-31)25(20-30)9-10-28(33)32-14-11-22-5-1-2-6-23(22)21-32/h1-8,25,27H,9-21H2/t25-,27+/m0/s1. The molecule has 3 heterocycles. The van der Waals surface area contributed by atoms with E-state index in [2.05, 4.69) is 51.1 Å². The van der Waals surface area contributed by atoms with Crippen LogP contribution in [0.1, 0.15) is 36.0 Å². The number of carbonyl (C=O) groups is 1. The molecule has 2 fully saturated rings. The third kappa shape index (κ3) is 5.65. The third-order valence-electron chi connectivity index (χ3n) is 7.86. The minimum Gasteiger partial charge on any atom is -0.379 e. The minimum atomic E-state index is 0.304. The molecule has 0 bridgehead atoms. The van der Waals surface area contributed by atoms with Crippen LogP contribution in [-0.4, -0.2) is 72.6 Å². The fourth-order valence-electron chi connectivity index (χ4n) is 5.96. The van der Waals surface area contributed by atoms with Gasteiger partial charge in [-0.3, -0.25) is 14.6 Å². The van der Waals surface area contributed by atoms with E-state index in [-0.39, 0.29) is 0 Å². The van der Waals surface area contributed by atoms with Crippen LogP contribution < -0.4 is 0 Å². The number of morpholine rings is 1. The largest absolute Gasteiger partial charge is 0.379 e. The van der Waals surface area contributed by atoms with Crippen molar-refractivity contribution in [3.05, 3.63) is 70.2 Å². The number of piperidine rings is 1. The van der Waals surface area contributed by atoms with Crippen molar-refractivity contribution in [2.24, 2.45) is 5.92 Å². The lowest BCUT2D eigenvalue weighted by molar-refractivity contribution is -0.132. The Bertz CT molecular complexity index is 978. The van der Waals surface area contributed by atoms with Crippen LogP contribution in [0, 0.1) is 5.92 Å². The van der Waals surface area contributed by atoms with Crippen molar-refractivity contribution in [1.29, 1.82) is 0 Å². The van der Waals surface area contributed by atoms with Crippen LogP contribution in [0.2, 0.25) is 5.02 Å². The predicted molar refractivity (Wildman–Crippen MR) is 136 cm³/mol. The minimum absolute atomic E-state index is 0.304. The second-order valence-corrected chi connectivity index (χ2v) is 10.4. The number of rotatable bonds is 6. The van der Waals surface area contributed by atoms with E-state index in [4.69, 9.17) is 16.3 Å². The summed E-state index contributed by atoms with van der Waals surface area (Å²) in [7, 11) is 0. The Labute approximate surface area is 208 Å². The maximum absolute atomic E-state index is 13.2. The van der Waals surface area contributed by atoms with Crippen LogP contribution >= 0.6 is 11.6 Å². The van der Waals surface area contributed by atoms with Crippen LogP contribution in [0.3, 0.4) is 0 Å². The summed E-state index contributed by atoms with van der Waals surface area (Å²) in [6.07, 6.45) is 3.68. The Balaban J connectivity index is 1.23. The molecule has 0 aromatic heterocycles.